The van der Waals surface area contributed by atoms with Gasteiger partial charge in [0.15, 0.2) is 0 Å². The fourth-order valence-corrected chi connectivity index (χ4v) is 1.28. The van der Waals surface area contributed by atoms with Crippen molar-refractivity contribution >= 4 is 0 Å². The first-order valence-electron chi connectivity index (χ1n) is 3.91. The minimum atomic E-state index is -4.17. The van der Waals surface area contributed by atoms with Crippen LogP contribution in [0.4, 0.5) is 13.2 Å². The summed E-state index contributed by atoms with van der Waals surface area (Å²) in [7, 11) is 0. The van der Waals surface area contributed by atoms with Gasteiger partial charge >= 0.3 is 6.18 Å². The molecule has 1 saturated heterocycles. The molecule has 1 aliphatic rings. The average Bonchev–Trinajstić information content (AvgIpc) is 2.04. The van der Waals surface area contributed by atoms with Crippen LogP contribution in [-0.4, -0.2) is 37.4 Å². The molecule has 0 radical (unpaired) electrons. The zero-order valence-electron chi connectivity index (χ0n) is 6.93. The first kappa shape index (κ1) is 10.3. The smallest absolute Gasteiger partial charge is 0.304 e. The molecule has 0 aromatic heterocycles. The summed E-state index contributed by atoms with van der Waals surface area (Å²) in [5.74, 6) is -1.35. The van der Waals surface area contributed by atoms with Crippen molar-refractivity contribution in [3.8, 4) is 6.07 Å². The lowest BCUT2D eigenvalue weighted by atomic mass is 10.1. The van der Waals surface area contributed by atoms with Gasteiger partial charge < -0.3 is 5.32 Å². The van der Waals surface area contributed by atoms with E-state index in [-0.39, 0.29) is 19.6 Å². The van der Waals surface area contributed by atoms with Crippen molar-refractivity contribution in [2.45, 2.75) is 6.18 Å². The van der Waals surface area contributed by atoms with Gasteiger partial charge in [-0.05, 0) is 0 Å². The van der Waals surface area contributed by atoms with Crippen molar-refractivity contribution in [3.63, 3.8) is 0 Å². The highest BCUT2D eigenvalue weighted by molar-refractivity contribution is 4.83. The van der Waals surface area contributed by atoms with Gasteiger partial charge in [-0.3, -0.25) is 4.90 Å². The molecule has 1 aliphatic heterocycles. The maximum Gasteiger partial charge on any atom is 0.394 e. The van der Waals surface area contributed by atoms with Crippen LogP contribution in [0.5, 0.6) is 0 Å². The van der Waals surface area contributed by atoms with Crippen molar-refractivity contribution in [3.05, 3.63) is 0 Å². The minimum absolute atomic E-state index is 0.0413. The van der Waals surface area contributed by atoms with E-state index >= 15 is 0 Å². The first-order chi connectivity index (χ1) is 6.04. The second-order valence-electron chi connectivity index (χ2n) is 3.02. The second-order valence-corrected chi connectivity index (χ2v) is 3.02. The van der Waals surface area contributed by atoms with Crippen molar-refractivity contribution in [1.82, 2.24) is 10.2 Å². The molecule has 0 spiro atoms. The maximum atomic E-state index is 12.2. The number of alkyl halides is 3. The molecule has 0 aromatic carbocycles. The summed E-state index contributed by atoms with van der Waals surface area (Å²) in [6.45, 7) is 0.273. The predicted octanol–water partition coefficient (Wildman–Crippen LogP) is 0.551. The van der Waals surface area contributed by atoms with E-state index in [9.17, 15) is 13.2 Å². The van der Waals surface area contributed by atoms with Crippen LogP contribution in [0.15, 0.2) is 0 Å². The Kier molecular flexibility index (Phi) is 3.12. The van der Waals surface area contributed by atoms with Gasteiger partial charge in [0.2, 0.25) is 0 Å². The number of nitrogens with zero attached hydrogens (tertiary/aromatic N) is 2. The second kappa shape index (κ2) is 3.94. The number of hydrogen-bond acceptors (Lipinski definition) is 3. The molecule has 3 nitrogen and oxygen atoms in total. The van der Waals surface area contributed by atoms with Gasteiger partial charge in [-0.2, -0.15) is 18.4 Å². The van der Waals surface area contributed by atoms with Crippen LogP contribution >= 0.6 is 0 Å². The van der Waals surface area contributed by atoms with E-state index in [4.69, 9.17) is 5.26 Å². The van der Waals surface area contributed by atoms with Gasteiger partial charge in [-0.1, -0.05) is 0 Å². The SMILES string of the molecule is N#CCN1CNCC(C(F)(F)F)C1. The molecule has 1 unspecified atom stereocenters. The highest BCUT2D eigenvalue weighted by atomic mass is 19.4. The molecule has 0 bridgehead atoms. The zero-order valence-corrected chi connectivity index (χ0v) is 6.93. The van der Waals surface area contributed by atoms with E-state index in [0.29, 0.717) is 6.67 Å². The first-order valence-corrected chi connectivity index (χ1v) is 3.91. The monoisotopic (exact) mass is 193 g/mol. The third-order valence-corrected chi connectivity index (χ3v) is 1.96. The van der Waals surface area contributed by atoms with E-state index in [2.05, 4.69) is 5.32 Å². The summed E-state index contributed by atoms with van der Waals surface area (Å²) in [4.78, 5) is 1.45. The van der Waals surface area contributed by atoms with Gasteiger partial charge in [0.25, 0.3) is 0 Å². The van der Waals surface area contributed by atoms with Crippen LogP contribution in [0.3, 0.4) is 0 Å². The van der Waals surface area contributed by atoms with E-state index in [1.165, 1.54) is 4.90 Å². The molecule has 1 fully saturated rings. The zero-order chi connectivity index (χ0) is 9.90. The number of nitrogens with one attached hydrogen (secondary N) is 1. The van der Waals surface area contributed by atoms with E-state index in [1.807, 2.05) is 6.07 Å². The van der Waals surface area contributed by atoms with Gasteiger partial charge in [0.1, 0.15) is 0 Å². The molecule has 13 heavy (non-hydrogen) atoms. The quantitative estimate of drug-likeness (QED) is 0.618. The molecule has 0 amide bonds. The average molecular weight is 193 g/mol. The van der Waals surface area contributed by atoms with Gasteiger partial charge in [0, 0.05) is 19.8 Å². The van der Waals surface area contributed by atoms with Gasteiger partial charge in [-0.25, -0.2) is 0 Å². The number of nitriles is 1. The lowest BCUT2D eigenvalue weighted by molar-refractivity contribution is -0.183. The number of halogens is 3. The molecule has 0 aliphatic carbocycles. The molecule has 1 heterocycles. The summed E-state index contributed by atoms with van der Waals surface area (Å²) in [5, 5.41) is 10.9. The van der Waals surface area contributed by atoms with Crippen LogP contribution in [-0.2, 0) is 0 Å². The van der Waals surface area contributed by atoms with E-state index in [0.717, 1.165) is 0 Å². The summed E-state index contributed by atoms with van der Waals surface area (Å²) in [6, 6.07) is 1.83. The molecule has 1 rings (SSSR count). The molecule has 1 N–H and O–H groups in total. The molecule has 1 atom stereocenters. The van der Waals surface area contributed by atoms with E-state index < -0.39 is 12.1 Å². The fourth-order valence-electron chi connectivity index (χ4n) is 1.28. The molecule has 0 saturated carbocycles. The Morgan fingerprint density at radius 3 is 2.77 bits per heavy atom. The molecular formula is C7H10F3N3. The number of hydrogen-bond donors (Lipinski definition) is 1. The molecule has 6 heteroatoms. The van der Waals surface area contributed by atoms with Crippen LogP contribution in [0.25, 0.3) is 0 Å². The third-order valence-electron chi connectivity index (χ3n) is 1.96. The summed E-state index contributed by atoms with van der Waals surface area (Å²) in [6.07, 6.45) is -4.17. The van der Waals surface area contributed by atoms with E-state index in [1.54, 1.807) is 0 Å². The highest BCUT2D eigenvalue weighted by Crippen LogP contribution is 2.27. The Hall–Kier alpha value is -0.800. The largest absolute Gasteiger partial charge is 0.394 e. The number of rotatable bonds is 1. The Morgan fingerprint density at radius 1 is 1.54 bits per heavy atom. The standard InChI is InChI=1S/C7H10F3N3/c8-7(9,10)6-3-12-5-13(4-6)2-1-11/h6,12H,2-5H2. The summed E-state index contributed by atoms with van der Waals surface area (Å²) < 4.78 is 36.6. The van der Waals surface area contributed by atoms with Crippen LogP contribution < -0.4 is 5.32 Å². The van der Waals surface area contributed by atoms with Crippen LogP contribution in [0, 0.1) is 17.2 Å². The lowest BCUT2D eigenvalue weighted by Crippen LogP contribution is -2.51. The topological polar surface area (TPSA) is 39.1 Å². The van der Waals surface area contributed by atoms with Crippen molar-refractivity contribution in [1.29, 1.82) is 5.26 Å². The van der Waals surface area contributed by atoms with Gasteiger partial charge in [-0.15, -0.1) is 0 Å². The van der Waals surface area contributed by atoms with Crippen molar-refractivity contribution < 1.29 is 13.2 Å². The maximum absolute atomic E-state index is 12.2. The Balaban J connectivity index is 2.48. The lowest BCUT2D eigenvalue weighted by Gasteiger charge is -2.32. The molecule has 74 valence electrons. The van der Waals surface area contributed by atoms with Crippen molar-refractivity contribution in [2.24, 2.45) is 5.92 Å². The van der Waals surface area contributed by atoms with Gasteiger partial charge in [0.05, 0.1) is 18.5 Å². The van der Waals surface area contributed by atoms with Crippen molar-refractivity contribution in [2.75, 3.05) is 26.3 Å². The minimum Gasteiger partial charge on any atom is -0.304 e. The fraction of sp³-hybridized carbons (Fsp3) is 0.857. The van der Waals surface area contributed by atoms with Crippen LogP contribution in [0.1, 0.15) is 0 Å². The molecular weight excluding hydrogens is 183 g/mol. The summed E-state index contributed by atoms with van der Waals surface area (Å²) >= 11 is 0. The predicted molar refractivity (Wildman–Crippen MR) is 39.6 cm³/mol. The normalized spacial score (nSPS) is 25.5. The Bertz CT molecular complexity index is 208. The van der Waals surface area contributed by atoms with Crippen LogP contribution in [0.2, 0.25) is 0 Å². The third kappa shape index (κ3) is 2.86. The Morgan fingerprint density at radius 2 is 2.23 bits per heavy atom. The Labute approximate surface area is 74.1 Å². The summed E-state index contributed by atoms with van der Waals surface area (Å²) in [5.41, 5.74) is 0. The highest BCUT2D eigenvalue weighted by Gasteiger charge is 2.41. The molecule has 0 aromatic rings.